The molecule has 1 unspecified atom stereocenters. The van der Waals surface area contributed by atoms with Crippen LogP contribution in [-0.4, -0.2) is 15.3 Å². The average molecular weight is 315 g/mol. The number of aromatic nitrogens is 2. The summed E-state index contributed by atoms with van der Waals surface area (Å²) in [7, 11) is 0. The van der Waals surface area contributed by atoms with E-state index in [4.69, 9.17) is 4.42 Å². The summed E-state index contributed by atoms with van der Waals surface area (Å²) in [5.41, 5.74) is 0.725. The number of rotatable bonds is 2. The highest BCUT2D eigenvalue weighted by molar-refractivity contribution is 7.15. The second kappa shape index (κ2) is 5.10. The van der Waals surface area contributed by atoms with Crippen LogP contribution in [-0.2, 0) is 6.42 Å². The van der Waals surface area contributed by atoms with Crippen molar-refractivity contribution in [3.05, 3.63) is 57.3 Å². The van der Waals surface area contributed by atoms with E-state index in [9.17, 15) is 9.59 Å². The second-order valence-electron chi connectivity index (χ2n) is 5.25. The molecule has 22 heavy (non-hydrogen) atoms. The number of hydrogen-bond acceptors (Lipinski definition) is 5. The Bertz CT molecular complexity index is 908. The standard InChI is InChI=1S/C15H13N3O3S/c19-13(10-8-16-15-18(14(10)20)5-7-22-15)17-11-2-1-3-12-9(11)4-6-21-12/h4-8,11H,1-3H2,(H,17,19). The molecular weight excluding hydrogens is 302 g/mol. The molecule has 0 radical (unpaired) electrons. The van der Waals surface area contributed by atoms with Crippen molar-refractivity contribution in [3.8, 4) is 0 Å². The van der Waals surface area contributed by atoms with E-state index in [1.165, 1.54) is 21.9 Å². The van der Waals surface area contributed by atoms with Gasteiger partial charge < -0.3 is 9.73 Å². The van der Waals surface area contributed by atoms with Crippen LogP contribution in [0, 0.1) is 0 Å². The fourth-order valence-corrected chi connectivity index (χ4v) is 3.53. The average Bonchev–Trinajstić information content (AvgIpc) is 3.16. The predicted octanol–water partition coefficient (Wildman–Crippen LogP) is 2.16. The first-order valence-electron chi connectivity index (χ1n) is 7.06. The number of hydrogen-bond donors (Lipinski definition) is 1. The van der Waals surface area contributed by atoms with E-state index in [1.807, 2.05) is 6.07 Å². The quantitative estimate of drug-likeness (QED) is 0.786. The summed E-state index contributed by atoms with van der Waals surface area (Å²) >= 11 is 1.36. The van der Waals surface area contributed by atoms with E-state index in [-0.39, 0.29) is 17.2 Å². The molecule has 0 saturated heterocycles. The highest BCUT2D eigenvalue weighted by atomic mass is 32.1. The fourth-order valence-electron chi connectivity index (χ4n) is 2.85. The van der Waals surface area contributed by atoms with Crippen LogP contribution in [0.15, 0.2) is 39.3 Å². The Balaban J connectivity index is 1.65. The SMILES string of the molecule is O=C(NC1CCCc2occc21)c1cnc2sccn2c1=O. The summed E-state index contributed by atoms with van der Waals surface area (Å²) in [6.07, 6.45) is 7.30. The van der Waals surface area contributed by atoms with Crippen molar-refractivity contribution >= 4 is 22.2 Å². The molecular formula is C15H13N3O3S. The summed E-state index contributed by atoms with van der Waals surface area (Å²) in [5.74, 6) is 0.525. The van der Waals surface area contributed by atoms with E-state index < -0.39 is 5.91 Å². The van der Waals surface area contributed by atoms with E-state index in [1.54, 1.807) is 17.8 Å². The third-order valence-electron chi connectivity index (χ3n) is 3.94. The lowest BCUT2D eigenvalue weighted by molar-refractivity contribution is 0.0930. The lowest BCUT2D eigenvalue weighted by Gasteiger charge is -2.22. The van der Waals surface area contributed by atoms with E-state index in [0.717, 1.165) is 30.6 Å². The number of nitrogens with zero attached hydrogens (tertiary/aromatic N) is 2. The maximum absolute atomic E-state index is 12.4. The third-order valence-corrected chi connectivity index (χ3v) is 4.72. The summed E-state index contributed by atoms with van der Waals surface area (Å²) in [6.45, 7) is 0. The number of carbonyl (C=O) groups is 1. The molecule has 0 spiro atoms. The number of fused-ring (bicyclic) bond motifs is 2. The molecule has 0 aliphatic heterocycles. The molecule has 0 bridgehead atoms. The number of aryl methyl sites for hydroxylation is 1. The highest BCUT2D eigenvalue weighted by Gasteiger charge is 2.25. The van der Waals surface area contributed by atoms with Crippen molar-refractivity contribution in [2.75, 3.05) is 0 Å². The number of amides is 1. The van der Waals surface area contributed by atoms with Gasteiger partial charge in [0.2, 0.25) is 0 Å². The molecule has 0 aromatic carbocycles. The molecule has 0 saturated carbocycles. The Kier molecular flexibility index (Phi) is 3.07. The first-order valence-corrected chi connectivity index (χ1v) is 7.94. The number of thiazole rings is 1. The minimum absolute atomic E-state index is 0.0616. The van der Waals surface area contributed by atoms with Gasteiger partial charge in [0.25, 0.3) is 11.5 Å². The van der Waals surface area contributed by atoms with Crippen LogP contribution in [0.25, 0.3) is 4.96 Å². The van der Waals surface area contributed by atoms with Gasteiger partial charge in [-0.1, -0.05) is 0 Å². The number of carbonyl (C=O) groups excluding carboxylic acids is 1. The van der Waals surface area contributed by atoms with Gasteiger partial charge in [-0.25, -0.2) is 4.98 Å². The summed E-state index contributed by atoms with van der Waals surface area (Å²) in [5, 5.41) is 4.69. The van der Waals surface area contributed by atoms with Crippen LogP contribution in [0.2, 0.25) is 0 Å². The van der Waals surface area contributed by atoms with Gasteiger partial charge in [-0.3, -0.25) is 14.0 Å². The van der Waals surface area contributed by atoms with Crippen molar-refractivity contribution < 1.29 is 9.21 Å². The summed E-state index contributed by atoms with van der Waals surface area (Å²) in [6, 6.07) is 1.77. The van der Waals surface area contributed by atoms with Crippen molar-refractivity contribution in [1.82, 2.24) is 14.7 Å². The van der Waals surface area contributed by atoms with Gasteiger partial charge in [-0.15, -0.1) is 11.3 Å². The molecule has 1 aliphatic rings. The van der Waals surface area contributed by atoms with Crippen LogP contribution >= 0.6 is 11.3 Å². The first kappa shape index (κ1) is 13.3. The van der Waals surface area contributed by atoms with Gasteiger partial charge in [0.15, 0.2) is 4.96 Å². The van der Waals surface area contributed by atoms with Gasteiger partial charge in [-0.05, 0) is 18.9 Å². The molecule has 4 rings (SSSR count). The Hall–Kier alpha value is -2.41. The topological polar surface area (TPSA) is 76.6 Å². The third kappa shape index (κ3) is 2.05. The van der Waals surface area contributed by atoms with Crippen molar-refractivity contribution in [2.45, 2.75) is 25.3 Å². The number of nitrogens with one attached hydrogen (secondary N) is 1. The molecule has 1 atom stereocenters. The molecule has 112 valence electrons. The minimum atomic E-state index is -0.392. The monoisotopic (exact) mass is 315 g/mol. The predicted molar refractivity (Wildman–Crippen MR) is 81.2 cm³/mol. The van der Waals surface area contributed by atoms with Crippen molar-refractivity contribution in [1.29, 1.82) is 0 Å². The van der Waals surface area contributed by atoms with Crippen LogP contribution in [0.1, 0.15) is 40.6 Å². The lowest BCUT2D eigenvalue weighted by Crippen LogP contribution is -2.35. The highest BCUT2D eigenvalue weighted by Crippen LogP contribution is 2.30. The van der Waals surface area contributed by atoms with Gasteiger partial charge in [0.1, 0.15) is 11.3 Å². The molecule has 3 heterocycles. The Morgan fingerprint density at radius 3 is 3.32 bits per heavy atom. The molecule has 3 aromatic heterocycles. The molecule has 1 N–H and O–H groups in total. The molecule has 7 heteroatoms. The second-order valence-corrected chi connectivity index (χ2v) is 6.12. The van der Waals surface area contributed by atoms with Gasteiger partial charge >= 0.3 is 0 Å². The van der Waals surface area contributed by atoms with E-state index in [2.05, 4.69) is 10.3 Å². The van der Waals surface area contributed by atoms with Gasteiger partial charge in [0, 0.05) is 29.8 Å². The van der Waals surface area contributed by atoms with Crippen molar-refractivity contribution in [3.63, 3.8) is 0 Å². The van der Waals surface area contributed by atoms with Gasteiger partial charge in [0.05, 0.1) is 12.3 Å². The number of furan rings is 1. The summed E-state index contributed by atoms with van der Waals surface area (Å²) < 4.78 is 6.81. The molecule has 3 aromatic rings. The first-order chi connectivity index (χ1) is 10.7. The molecule has 1 amide bonds. The Morgan fingerprint density at radius 1 is 1.50 bits per heavy atom. The van der Waals surface area contributed by atoms with E-state index >= 15 is 0 Å². The van der Waals surface area contributed by atoms with Crippen LogP contribution in [0.5, 0.6) is 0 Å². The van der Waals surface area contributed by atoms with Crippen LogP contribution < -0.4 is 10.9 Å². The van der Waals surface area contributed by atoms with Gasteiger partial charge in [-0.2, -0.15) is 0 Å². The van der Waals surface area contributed by atoms with Crippen LogP contribution in [0.4, 0.5) is 0 Å². The maximum atomic E-state index is 12.4. The lowest BCUT2D eigenvalue weighted by atomic mass is 9.93. The zero-order valence-corrected chi connectivity index (χ0v) is 12.4. The largest absolute Gasteiger partial charge is 0.469 e. The zero-order chi connectivity index (χ0) is 15.1. The molecule has 1 aliphatic carbocycles. The fraction of sp³-hybridized carbons (Fsp3) is 0.267. The van der Waals surface area contributed by atoms with E-state index in [0.29, 0.717) is 4.96 Å². The Morgan fingerprint density at radius 2 is 2.41 bits per heavy atom. The maximum Gasteiger partial charge on any atom is 0.271 e. The minimum Gasteiger partial charge on any atom is -0.469 e. The smallest absolute Gasteiger partial charge is 0.271 e. The zero-order valence-electron chi connectivity index (χ0n) is 11.6. The summed E-state index contributed by atoms with van der Waals surface area (Å²) in [4.78, 5) is 29.5. The molecule has 6 nitrogen and oxygen atoms in total. The normalized spacial score (nSPS) is 17.4. The Labute approximate surface area is 129 Å². The van der Waals surface area contributed by atoms with Crippen molar-refractivity contribution in [2.24, 2.45) is 0 Å². The molecule has 0 fully saturated rings. The van der Waals surface area contributed by atoms with Crippen LogP contribution in [0.3, 0.4) is 0 Å².